The molecule has 0 aliphatic rings. The van der Waals surface area contributed by atoms with Gasteiger partial charge in [-0.3, -0.25) is 9.59 Å². The molecule has 6 heteroatoms. The zero-order valence-corrected chi connectivity index (χ0v) is 45.1. The SMILES string of the molecule is CCCCCCCC/C=C\CCCCCCCC(=O)OCCCCCCCCCCCCC(=O)NC(CO)C(O)/C=C/CCCCCCCCCCCCCCCCCCCCCCCCC. The van der Waals surface area contributed by atoms with Crippen LogP contribution in [0, 0.1) is 0 Å². The average Bonchev–Trinajstić information content (AvgIpc) is 3.33. The highest BCUT2D eigenvalue weighted by molar-refractivity contribution is 5.76. The Balaban J connectivity index is 3.50. The molecule has 396 valence electrons. The van der Waals surface area contributed by atoms with Crippen molar-refractivity contribution in [3.63, 3.8) is 0 Å². The Labute approximate surface area is 418 Å². The topological polar surface area (TPSA) is 95.9 Å². The molecule has 0 heterocycles. The first kappa shape index (κ1) is 65.3. The summed E-state index contributed by atoms with van der Waals surface area (Å²) in [5.41, 5.74) is 0. The minimum atomic E-state index is -0.861. The molecular formula is C61H117NO5. The third-order valence-electron chi connectivity index (χ3n) is 14.0. The molecular weight excluding hydrogens is 827 g/mol. The van der Waals surface area contributed by atoms with Crippen molar-refractivity contribution in [3.8, 4) is 0 Å². The van der Waals surface area contributed by atoms with Crippen molar-refractivity contribution in [2.75, 3.05) is 13.2 Å². The number of amides is 1. The lowest BCUT2D eigenvalue weighted by Crippen LogP contribution is -2.45. The van der Waals surface area contributed by atoms with E-state index in [1.807, 2.05) is 6.08 Å². The maximum atomic E-state index is 12.5. The summed E-state index contributed by atoms with van der Waals surface area (Å²) in [7, 11) is 0. The van der Waals surface area contributed by atoms with Crippen LogP contribution >= 0.6 is 0 Å². The molecule has 0 spiro atoms. The molecule has 0 aliphatic heterocycles. The largest absolute Gasteiger partial charge is 0.466 e. The van der Waals surface area contributed by atoms with Crippen molar-refractivity contribution in [1.29, 1.82) is 0 Å². The molecule has 1 amide bonds. The Bertz CT molecular complexity index is 1040. The molecule has 2 atom stereocenters. The third-order valence-corrected chi connectivity index (χ3v) is 14.0. The second kappa shape index (κ2) is 56.9. The second-order valence-corrected chi connectivity index (χ2v) is 20.7. The zero-order chi connectivity index (χ0) is 48.6. The molecule has 0 aliphatic carbocycles. The summed E-state index contributed by atoms with van der Waals surface area (Å²) in [5.74, 6) is -0.116. The van der Waals surface area contributed by atoms with E-state index in [1.165, 1.54) is 244 Å². The zero-order valence-electron chi connectivity index (χ0n) is 45.1. The molecule has 0 rings (SSSR count). The molecule has 2 unspecified atom stereocenters. The number of carbonyl (C=O) groups is 2. The van der Waals surface area contributed by atoms with Crippen LogP contribution in [0.4, 0.5) is 0 Å². The number of aliphatic hydroxyl groups excluding tert-OH is 2. The van der Waals surface area contributed by atoms with Gasteiger partial charge in [0.2, 0.25) is 5.91 Å². The van der Waals surface area contributed by atoms with Crippen LogP contribution in [0.5, 0.6) is 0 Å². The predicted octanol–water partition coefficient (Wildman–Crippen LogP) is 18.6. The van der Waals surface area contributed by atoms with E-state index < -0.39 is 12.1 Å². The lowest BCUT2D eigenvalue weighted by atomic mass is 10.0. The second-order valence-electron chi connectivity index (χ2n) is 20.7. The Kier molecular flexibility index (Phi) is 55.5. The van der Waals surface area contributed by atoms with E-state index in [0.29, 0.717) is 19.4 Å². The van der Waals surface area contributed by atoms with Gasteiger partial charge in [0.25, 0.3) is 0 Å². The van der Waals surface area contributed by atoms with Crippen molar-refractivity contribution in [2.24, 2.45) is 0 Å². The molecule has 0 saturated heterocycles. The minimum Gasteiger partial charge on any atom is -0.466 e. The smallest absolute Gasteiger partial charge is 0.305 e. The molecule has 0 fully saturated rings. The average molecular weight is 945 g/mol. The van der Waals surface area contributed by atoms with Gasteiger partial charge in [-0.2, -0.15) is 0 Å². The monoisotopic (exact) mass is 944 g/mol. The molecule has 0 aromatic carbocycles. The number of hydrogen-bond acceptors (Lipinski definition) is 5. The summed E-state index contributed by atoms with van der Waals surface area (Å²) in [6.07, 6.45) is 69.2. The number of aliphatic hydroxyl groups is 2. The molecule has 0 radical (unpaired) electrons. The number of carbonyl (C=O) groups excluding carboxylic acids is 2. The normalized spacial score (nSPS) is 12.7. The number of ether oxygens (including phenoxy) is 1. The van der Waals surface area contributed by atoms with Gasteiger partial charge in [-0.25, -0.2) is 0 Å². The van der Waals surface area contributed by atoms with E-state index in [1.54, 1.807) is 6.08 Å². The van der Waals surface area contributed by atoms with Crippen molar-refractivity contribution >= 4 is 11.9 Å². The van der Waals surface area contributed by atoms with Gasteiger partial charge < -0.3 is 20.3 Å². The van der Waals surface area contributed by atoms with E-state index in [9.17, 15) is 19.8 Å². The summed E-state index contributed by atoms with van der Waals surface area (Å²) in [5, 5.41) is 23.2. The van der Waals surface area contributed by atoms with Crippen LogP contribution in [-0.4, -0.2) is 47.4 Å². The van der Waals surface area contributed by atoms with Crippen LogP contribution in [0.15, 0.2) is 24.3 Å². The van der Waals surface area contributed by atoms with E-state index >= 15 is 0 Å². The number of esters is 1. The van der Waals surface area contributed by atoms with E-state index in [2.05, 4.69) is 31.3 Å². The van der Waals surface area contributed by atoms with Gasteiger partial charge in [-0.15, -0.1) is 0 Å². The first-order chi connectivity index (χ1) is 33.0. The van der Waals surface area contributed by atoms with Crippen molar-refractivity contribution in [2.45, 2.75) is 341 Å². The number of rotatable bonds is 56. The van der Waals surface area contributed by atoms with Crippen LogP contribution in [0.1, 0.15) is 328 Å². The number of unbranched alkanes of at least 4 members (excludes halogenated alkanes) is 43. The summed E-state index contributed by atoms with van der Waals surface area (Å²) in [6.45, 7) is 4.86. The molecule has 67 heavy (non-hydrogen) atoms. The molecule has 3 N–H and O–H groups in total. The van der Waals surface area contributed by atoms with E-state index in [0.717, 1.165) is 57.8 Å². The highest BCUT2D eigenvalue weighted by Gasteiger charge is 2.18. The molecule has 0 bridgehead atoms. The van der Waals surface area contributed by atoms with E-state index in [-0.39, 0.29) is 18.5 Å². The summed E-state index contributed by atoms with van der Waals surface area (Å²) in [6, 6.07) is -0.646. The van der Waals surface area contributed by atoms with Crippen LogP contribution in [0.25, 0.3) is 0 Å². The van der Waals surface area contributed by atoms with Crippen LogP contribution in [0.2, 0.25) is 0 Å². The van der Waals surface area contributed by atoms with Gasteiger partial charge in [0, 0.05) is 12.8 Å². The van der Waals surface area contributed by atoms with Gasteiger partial charge >= 0.3 is 5.97 Å². The molecule has 0 saturated carbocycles. The maximum Gasteiger partial charge on any atom is 0.305 e. The number of hydrogen-bond donors (Lipinski definition) is 3. The number of nitrogens with one attached hydrogen (secondary N) is 1. The van der Waals surface area contributed by atoms with Crippen LogP contribution < -0.4 is 5.32 Å². The van der Waals surface area contributed by atoms with E-state index in [4.69, 9.17) is 4.74 Å². The molecule has 0 aromatic heterocycles. The first-order valence-electron chi connectivity index (χ1n) is 30.1. The third kappa shape index (κ3) is 53.5. The minimum absolute atomic E-state index is 0.0278. The fourth-order valence-corrected chi connectivity index (χ4v) is 9.34. The molecule has 0 aromatic rings. The van der Waals surface area contributed by atoms with Crippen molar-refractivity contribution < 1.29 is 24.5 Å². The van der Waals surface area contributed by atoms with Gasteiger partial charge in [0.15, 0.2) is 0 Å². The number of allylic oxidation sites excluding steroid dienone is 3. The fourth-order valence-electron chi connectivity index (χ4n) is 9.34. The Morgan fingerprint density at radius 3 is 1.06 bits per heavy atom. The van der Waals surface area contributed by atoms with Gasteiger partial charge in [0.05, 0.1) is 25.4 Å². The Hall–Kier alpha value is -1.66. The lowest BCUT2D eigenvalue weighted by molar-refractivity contribution is -0.143. The Morgan fingerprint density at radius 2 is 0.701 bits per heavy atom. The van der Waals surface area contributed by atoms with Gasteiger partial charge in [-0.05, 0) is 57.8 Å². The maximum absolute atomic E-state index is 12.5. The lowest BCUT2D eigenvalue weighted by Gasteiger charge is -2.20. The van der Waals surface area contributed by atoms with Crippen molar-refractivity contribution in [3.05, 3.63) is 24.3 Å². The standard InChI is InChI=1S/C61H117NO5/c1-3-5-7-9-11-13-15-17-19-20-21-22-23-24-25-26-27-28-30-31-33-37-41-45-49-53-59(64)58(57-63)62-60(65)54-50-46-42-38-35-36-40-44-48-52-56-67-61(66)55-51-47-43-39-34-32-29-18-16-14-12-10-8-6-4-2/h18,29,49,53,58-59,63-64H,3-17,19-28,30-48,50-52,54-57H2,1-2H3,(H,62,65)/b29-18-,53-49+. The highest BCUT2D eigenvalue weighted by atomic mass is 16.5. The van der Waals surface area contributed by atoms with Gasteiger partial charge in [0.1, 0.15) is 0 Å². The summed E-state index contributed by atoms with van der Waals surface area (Å²) >= 11 is 0. The van der Waals surface area contributed by atoms with Crippen LogP contribution in [0.3, 0.4) is 0 Å². The fraction of sp³-hybridized carbons (Fsp3) is 0.902. The summed E-state index contributed by atoms with van der Waals surface area (Å²) in [4.78, 5) is 24.5. The van der Waals surface area contributed by atoms with Crippen LogP contribution in [-0.2, 0) is 14.3 Å². The molecule has 6 nitrogen and oxygen atoms in total. The first-order valence-corrected chi connectivity index (χ1v) is 30.1. The highest BCUT2D eigenvalue weighted by Crippen LogP contribution is 2.17. The predicted molar refractivity (Wildman–Crippen MR) is 292 cm³/mol. The Morgan fingerprint density at radius 1 is 0.403 bits per heavy atom. The van der Waals surface area contributed by atoms with Crippen molar-refractivity contribution in [1.82, 2.24) is 5.32 Å². The summed E-state index contributed by atoms with van der Waals surface area (Å²) < 4.78 is 5.46. The van der Waals surface area contributed by atoms with Gasteiger partial charge in [-0.1, -0.05) is 282 Å². The quantitative estimate of drug-likeness (QED) is 0.0321.